The molecule has 7 nitrogen and oxygen atoms in total. The summed E-state index contributed by atoms with van der Waals surface area (Å²) in [7, 11) is -3.57. The second-order valence-electron chi connectivity index (χ2n) is 7.49. The molecule has 1 aliphatic rings. The van der Waals surface area contributed by atoms with Gasteiger partial charge in [-0.2, -0.15) is 0 Å². The fourth-order valence-corrected chi connectivity index (χ4v) is 6.22. The number of nitrogens with zero attached hydrogens (tertiary/aromatic N) is 3. The number of benzene rings is 2. The maximum Gasteiger partial charge on any atom is 0.230 e. The van der Waals surface area contributed by atoms with E-state index in [0.717, 1.165) is 5.56 Å². The van der Waals surface area contributed by atoms with E-state index < -0.39 is 15.9 Å². The highest BCUT2D eigenvalue weighted by Gasteiger charge is 2.32. The molecule has 0 radical (unpaired) electrons. The highest BCUT2D eigenvalue weighted by molar-refractivity contribution is 7.88. The van der Waals surface area contributed by atoms with Crippen LogP contribution in [0.3, 0.4) is 0 Å². The van der Waals surface area contributed by atoms with Crippen molar-refractivity contribution in [1.82, 2.24) is 14.5 Å². The molecule has 168 valence electrons. The van der Waals surface area contributed by atoms with E-state index in [4.69, 9.17) is 23.2 Å². The second kappa shape index (κ2) is 9.84. The van der Waals surface area contributed by atoms with E-state index in [2.05, 4.69) is 15.5 Å². The van der Waals surface area contributed by atoms with E-state index in [-0.39, 0.29) is 18.2 Å². The Kier molecular flexibility index (Phi) is 7.11. The molecule has 32 heavy (non-hydrogen) atoms. The van der Waals surface area contributed by atoms with Crippen molar-refractivity contribution in [2.45, 2.75) is 18.6 Å². The lowest BCUT2D eigenvalue weighted by molar-refractivity contribution is -0.120. The van der Waals surface area contributed by atoms with Gasteiger partial charge in [-0.15, -0.1) is 10.2 Å². The number of hydrogen-bond acceptors (Lipinski definition) is 6. The molecule has 11 heteroatoms. The summed E-state index contributed by atoms with van der Waals surface area (Å²) in [5.41, 5.74) is 1.47. The molecule has 0 aliphatic carbocycles. The first kappa shape index (κ1) is 23.1. The van der Waals surface area contributed by atoms with Crippen molar-refractivity contribution in [1.29, 1.82) is 0 Å². The molecule has 1 N–H and O–H groups in total. The first-order chi connectivity index (χ1) is 15.3. The maximum atomic E-state index is 12.9. The van der Waals surface area contributed by atoms with Gasteiger partial charge in [-0.25, -0.2) is 12.7 Å². The topological polar surface area (TPSA) is 92.3 Å². The molecule has 4 rings (SSSR count). The summed E-state index contributed by atoms with van der Waals surface area (Å²) in [6, 6.07) is 14.0. The van der Waals surface area contributed by atoms with Gasteiger partial charge in [0, 0.05) is 28.7 Å². The highest BCUT2D eigenvalue weighted by Crippen LogP contribution is 2.29. The van der Waals surface area contributed by atoms with Gasteiger partial charge in [0.05, 0.1) is 11.7 Å². The molecule has 1 fully saturated rings. The first-order valence-corrected chi connectivity index (χ1v) is 13.1. The number of anilines is 1. The Bertz CT molecular complexity index is 1220. The van der Waals surface area contributed by atoms with Gasteiger partial charge in [-0.05, 0) is 42.7 Å². The summed E-state index contributed by atoms with van der Waals surface area (Å²) in [6.45, 7) is 0.532. The van der Waals surface area contributed by atoms with Crippen LogP contribution in [-0.4, -0.2) is 41.9 Å². The number of carbonyl (C=O) groups excluding carboxylic acids is 1. The molecule has 1 atom stereocenters. The molecule has 0 saturated carbocycles. The van der Waals surface area contributed by atoms with Crippen molar-refractivity contribution in [2.24, 2.45) is 5.92 Å². The molecular weight excluding hydrogens is 491 g/mol. The standard InChI is InChI=1S/C21H20Cl2N4O3S2/c22-17-8-6-15(7-9-17)20-25-26-21(31-20)24-19(28)16-4-2-10-27(12-16)32(29,30)13-14-3-1-5-18(23)11-14/h1,3,5-9,11,16H,2,4,10,12-13H2,(H,24,26,28)/t16-/m1/s1. The van der Waals surface area contributed by atoms with Gasteiger partial charge in [-0.3, -0.25) is 4.79 Å². The fraction of sp³-hybridized carbons (Fsp3) is 0.286. The minimum Gasteiger partial charge on any atom is -0.300 e. The van der Waals surface area contributed by atoms with Crippen LogP contribution in [0.2, 0.25) is 10.0 Å². The molecule has 0 bridgehead atoms. The molecule has 0 spiro atoms. The summed E-state index contributed by atoms with van der Waals surface area (Å²) >= 11 is 13.1. The van der Waals surface area contributed by atoms with Crippen LogP contribution in [0.5, 0.6) is 0 Å². The Balaban J connectivity index is 1.40. The number of aromatic nitrogens is 2. The fourth-order valence-electron chi connectivity index (χ4n) is 3.53. The number of halogens is 2. The van der Waals surface area contributed by atoms with Crippen molar-refractivity contribution < 1.29 is 13.2 Å². The highest BCUT2D eigenvalue weighted by atomic mass is 35.5. The average Bonchev–Trinajstić information content (AvgIpc) is 3.22. The van der Waals surface area contributed by atoms with Crippen LogP contribution in [0.1, 0.15) is 18.4 Å². The summed E-state index contributed by atoms with van der Waals surface area (Å²) < 4.78 is 27.2. The number of amides is 1. The zero-order valence-corrected chi connectivity index (χ0v) is 20.0. The zero-order chi connectivity index (χ0) is 22.7. The predicted octanol–water partition coefficient (Wildman–Crippen LogP) is 4.69. The molecule has 3 aromatic rings. The van der Waals surface area contributed by atoms with Crippen molar-refractivity contribution >= 4 is 55.6 Å². The van der Waals surface area contributed by atoms with Crippen molar-refractivity contribution in [2.75, 3.05) is 18.4 Å². The summed E-state index contributed by atoms with van der Waals surface area (Å²) in [5, 5.41) is 13.1. The van der Waals surface area contributed by atoms with E-state index in [0.29, 0.717) is 45.1 Å². The Labute approximate surface area is 200 Å². The van der Waals surface area contributed by atoms with Gasteiger partial charge in [0.1, 0.15) is 5.01 Å². The van der Waals surface area contributed by atoms with Crippen molar-refractivity contribution in [3.63, 3.8) is 0 Å². The number of nitrogens with one attached hydrogen (secondary N) is 1. The molecule has 0 unspecified atom stereocenters. The van der Waals surface area contributed by atoms with Gasteiger partial charge < -0.3 is 5.32 Å². The lowest BCUT2D eigenvalue weighted by atomic mass is 9.99. The van der Waals surface area contributed by atoms with Crippen LogP contribution in [0, 0.1) is 5.92 Å². The van der Waals surface area contributed by atoms with Crippen LogP contribution in [0.4, 0.5) is 5.13 Å². The Hall–Kier alpha value is -2.04. The van der Waals surface area contributed by atoms with Crippen LogP contribution in [0.25, 0.3) is 10.6 Å². The van der Waals surface area contributed by atoms with Gasteiger partial charge in [-0.1, -0.05) is 58.8 Å². The normalized spacial score (nSPS) is 17.2. The Morgan fingerprint density at radius 2 is 1.91 bits per heavy atom. The smallest absolute Gasteiger partial charge is 0.230 e. The van der Waals surface area contributed by atoms with Gasteiger partial charge in [0.2, 0.25) is 21.1 Å². The van der Waals surface area contributed by atoms with E-state index in [1.165, 1.54) is 15.6 Å². The van der Waals surface area contributed by atoms with E-state index in [1.807, 2.05) is 12.1 Å². The zero-order valence-electron chi connectivity index (χ0n) is 16.9. The quantitative estimate of drug-likeness (QED) is 0.518. The summed E-state index contributed by atoms with van der Waals surface area (Å²) in [5.74, 6) is -0.866. The predicted molar refractivity (Wildman–Crippen MR) is 127 cm³/mol. The summed E-state index contributed by atoms with van der Waals surface area (Å²) in [6.07, 6.45) is 1.22. The van der Waals surface area contributed by atoms with Crippen LogP contribution in [0.15, 0.2) is 48.5 Å². The minimum atomic E-state index is -3.57. The molecule has 1 aliphatic heterocycles. The van der Waals surface area contributed by atoms with Crippen molar-refractivity contribution in [3.05, 3.63) is 64.1 Å². The van der Waals surface area contributed by atoms with Crippen LogP contribution < -0.4 is 5.32 Å². The van der Waals surface area contributed by atoms with Gasteiger partial charge in [0.15, 0.2) is 0 Å². The number of hydrogen-bond donors (Lipinski definition) is 1. The third kappa shape index (κ3) is 5.65. The third-order valence-electron chi connectivity index (χ3n) is 5.13. The van der Waals surface area contributed by atoms with Crippen LogP contribution >= 0.6 is 34.5 Å². The first-order valence-electron chi connectivity index (χ1n) is 9.93. The summed E-state index contributed by atoms with van der Waals surface area (Å²) in [4.78, 5) is 12.8. The van der Waals surface area contributed by atoms with E-state index in [1.54, 1.807) is 36.4 Å². The van der Waals surface area contributed by atoms with Gasteiger partial charge in [0.25, 0.3) is 0 Å². The molecule has 2 aromatic carbocycles. The van der Waals surface area contributed by atoms with Crippen molar-refractivity contribution in [3.8, 4) is 10.6 Å². The molecule has 1 saturated heterocycles. The number of carbonyl (C=O) groups is 1. The Morgan fingerprint density at radius 3 is 2.66 bits per heavy atom. The number of piperidine rings is 1. The second-order valence-corrected chi connectivity index (χ2v) is 11.3. The van der Waals surface area contributed by atoms with Gasteiger partial charge >= 0.3 is 0 Å². The average molecular weight is 511 g/mol. The number of rotatable bonds is 6. The Morgan fingerprint density at radius 1 is 1.12 bits per heavy atom. The molecule has 2 heterocycles. The maximum absolute atomic E-state index is 12.9. The molecular formula is C21H20Cl2N4O3S2. The van der Waals surface area contributed by atoms with Crippen LogP contribution in [-0.2, 0) is 20.6 Å². The lowest BCUT2D eigenvalue weighted by Gasteiger charge is -2.31. The molecule has 1 amide bonds. The monoisotopic (exact) mass is 510 g/mol. The number of sulfonamides is 1. The van der Waals surface area contributed by atoms with E-state index in [9.17, 15) is 13.2 Å². The van der Waals surface area contributed by atoms with E-state index >= 15 is 0 Å². The molecule has 1 aromatic heterocycles. The SMILES string of the molecule is O=C(Nc1nnc(-c2ccc(Cl)cc2)s1)[C@@H]1CCCN(S(=O)(=O)Cc2cccc(Cl)c2)C1. The largest absolute Gasteiger partial charge is 0.300 e. The third-order valence-corrected chi connectivity index (χ3v) is 8.32. The minimum absolute atomic E-state index is 0.136. The lowest BCUT2D eigenvalue weighted by Crippen LogP contribution is -2.44.